The van der Waals surface area contributed by atoms with Crippen molar-refractivity contribution >= 4 is 20.1 Å². The number of fused-ring (bicyclic) bond motifs is 1. The van der Waals surface area contributed by atoms with Gasteiger partial charge in [-0.1, -0.05) is 19.6 Å². The Hall–Kier alpha value is -1.87. The van der Waals surface area contributed by atoms with Crippen LogP contribution in [0, 0.1) is 0 Å². The Morgan fingerprint density at radius 3 is 2.47 bits per heavy atom. The van der Waals surface area contributed by atoms with Crippen LogP contribution in [0.1, 0.15) is 56.4 Å². The molecule has 0 spiro atoms. The van der Waals surface area contributed by atoms with Crippen LogP contribution in [0.5, 0.6) is 0 Å². The van der Waals surface area contributed by atoms with E-state index in [1.807, 2.05) is 27.7 Å². The molecule has 0 aliphatic carbocycles. The summed E-state index contributed by atoms with van der Waals surface area (Å²) in [4.78, 5) is 26.8. The fourth-order valence-electron chi connectivity index (χ4n) is 3.21. The van der Waals surface area contributed by atoms with Crippen molar-refractivity contribution in [2.24, 2.45) is 0 Å². The van der Waals surface area contributed by atoms with Crippen LogP contribution in [-0.2, 0) is 33.9 Å². The van der Waals surface area contributed by atoms with Crippen LogP contribution < -0.4 is 0 Å². The molecule has 8 nitrogen and oxygen atoms in total. The molecule has 0 bridgehead atoms. The van der Waals surface area contributed by atoms with Gasteiger partial charge in [-0.3, -0.25) is 0 Å². The molecule has 9 heteroatoms. The van der Waals surface area contributed by atoms with Crippen molar-refractivity contribution in [3.05, 3.63) is 17.0 Å². The minimum atomic E-state index is -1.19. The number of carbonyl (C=O) groups excluding carboxylic acids is 2. The van der Waals surface area contributed by atoms with Crippen molar-refractivity contribution in [2.45, 2.75) is 91.6 Å². The van der Waals surface area contributed by atoms with E-state index in [0.29, 0.717) is 18.6 Å². The quantitative estimate of drug-likeness (QED) is 0.362. The Morgan fingerprint density at radius 1 is 1.23 bits per heavy atom. The summed E-state index contributed by atoms with van der Waals surface area (Å²) in [6, 6.07) is 0.976. The summed E-state index contributed by atoms with van der Waals surface area (Å²) in [7, 11) is -1.19. The maximum atomic E-state index is 12.7. The molecule has 1 amide bonds. The highest BCUT2D eigenvalue weighted by atomic mass is 28.3. The molecule has 0 radical (unpaired) electrons. The van der Waals surface area contributed by atoms with Crippen molar-refractivity contribution in [1.82, 2.24) is 14.7 Å². The molecule has 1 aliphatic heterocycles. The van der Waals surface area contributed by atoms with Gasteiger partial charge in [-0.05, 0) is 40.7 Å². The maximum absolute atomic E-state index is 12.7. The lowest BCUT2D eigenvalue weighted by atomic mass is 10.00. The third-order valence-corrected chi connectivity index (χ3v) is 6.53. The molecule has 0 aromatic carbocycles. The Balaban J connectivity index is 2.25. The molecule has 0 saturated heterocycles. The normalized spacial score (nSPS) is 16.9. The summed E-state index contributed by atoms with van der Waals surface area (Å²) in [6.45, 7) is 17.6. The van der Waals surface area contributed by atoms with E-state index in [4.69, 9.17) is 14.2 Å². The highest BCUT2D eigenvalue weighted by Crippen LogP contribution is 2.28. The number of amides is 1. The molecule has 1 unspecified atom stereocenters. The maximum Gasteiger partial charge on any atom is 0.410 e. The van der Waals surface area contributed by atoms with Crippen molar-refractivity contribution in [3.63, 3.8) is 0 Å². The first-order chi connectivity index (χ1) is 13.8. The van der Waals surface area contributed by atoms with Gasteiger partial charge in [-0.2, -0.15) is 5.10 Å². The van der Waals surface area contributed by atoms with Crippen LogP contribution in [0.3, 0.4) is 0 Å². The Labute approximate surface area is 180 Å². The van der Waals surface area contributed by atoms with Crippen molar-refractivity contribution in [3.8, 4) is 0 Å². The van der Waals surface area contributed by atoms with Gasteiger partial charge < -0.3 is 19.1 Å². The smallest absolute Gasteiger partial charge is 0.410 e. The molecular weight excluding hydrogens is 402 g/mol. The van der Waals surface area contributed by atoms with Gasteiger partial charge in [-0.15, -0.1) is 0 Å². The lowest BCUT2D eigenvalue weighted by Gasteiger charge is -2.35. The van der Waals surface area contributed by atoms with Crippen LogP contribution in [-0.4, -0.2) is 59.7 Å². The van der Waals surface area contributed by atoms with Crippen LogP contribution >= 0.6 is 0 Å². The molecule has 2 heterocycles. The molecule has 1 aromatic rings. The third kappa shape index (κ3) is 6.56. The third-order valence-electron chi connectivity index (χ3n) is 4.82. The van der Waals surface area contributed by atoms with E-state index in [1.54, 1.807) is 16.5 Å². The second-order valence-corrected chi connectivity index (χ2v) is 15.6. The Morgan fingerprint density at radius 2 is 1.90 bits per heavy atom. The van der Waals surface area contributed by atoms with Gasteiger partial charge in [0.2, 0.25) is 0 Å². The number of aromatic nitrogens is 2. The summed E-state index contributed by atoms with van der Waals surface area (Å²) in [5.41, 5.74) is 1.29. The fraction of sp³-hybridized carbons (Fsp3) is 0.762. The minimum absolute atomic E-state index is 0.0835. The first kappa shape index (κ1) is 24.4. The SMILES string of the molecule is CCOC(=O)c1nn(COCC[Si](C)(C)C)c2c1CN(C(=O)OC(C)(C)C)C(C)C2. The molecule has 1 atom stereocenters. The number of ether oxygens (including phenoxy) is 3. The van der Waals surface area contributed by atoms with Gasteiger partial charge in [0.25, 0.3) is 0 Å². The van der Waals surface area contributed by atoms with E-state index in [-0.39, 0.29) is 31.6 Å². The highest BCUT2D eigenvalue weighted by molar-refractivity contribution is 6.76. The molecule has 1 aromatic heterocycles. The van der Waals surface area contributed by atoms with Gasteiger partial charge in [-0.25, -0.2) is 14.3 Å². The van der Waals surface area contributed by atoms with E-state index in [2.05, 4.69) is 24.7 Å². The number of esters is 1. The van der Waals surface area contributed by atoms with Crippen LogP contribution in [0.2, 0.25) is 25.7 Å². The molecule has 0 fully saturated rings. The van der Waals surface area contributed by atoms with Gasteiger partial charge in [0.1, 0.15) is 12.3 Å². The number of hydrogen-bond donors (Lipinski definition) is 0. The average Bonchev–Trinajstić information content (AvgIpc) is 2.93. The second-order valence-electron chi connectivity index (χ2n) is 10.0. The summed E-state index contributed by atoms with van der Waals surface area (Å²) >= 11 is 0. The summed E-state index contributed by atoms with van der Waals surface area (Å²) in [5.74, 6) is -0.478. The molecule has 1 aliphatic rings. The van der Waals surface area contributed by atoms with E-state index < -0.39 is 25.7 Å². The minimum Gasteiger partial charge on any atom is -0.461 e. The Kier molecular flexibility index (Phi) is 7.73. The van der Waals surface area contributed by atoms with Crippen molar-refractivity contribution < 1.29 is 23.8 Å². The standard InChI is InChI=1S/C21H37N3O5Si/c1-9-28-19(25)18-16-13-23(20(26)29-21(3,4)5)15(2)12-17(16)24(22-18)14-27-10-11-30(6,7)8/h15H,9-14H2,1-8H3. The topological polar surface area (TPSA) is 82.9 Å². The van der Waals surface area contributed by atoms with Gasteiger partial charge >= 0.3 is 12.1 Å². The van der Waals surface area contributed by atoms with Crippen molar-refractivity contribution in [1.29, 1.82) is 0 Å². The number of nitrogens with zero attached hydrogens (tertiary/aromatic N) is 3. The number of carbonyl (C=O) groups is 2. The average molecular weight is 440 g/mol. The van der Waals surface area contributed by atoms with Gasteiger partial charge in [0.05, 0.1) is 13.2 Å². The molecule has 0 saturated carbocycles. The molecule has 30 heavy (non-hydrogen) atoms. The highest BCUT2D eigenvalue weighted by Gasteiger charge is 2.36. The van der Waals surface area contributed by atoms with Crippen LogP contribution in [0.15, 0.2) is 0 Å². The van der Waals surface area contributed by atoms with Gasteiger partial charge in [0.15, 0.2) is 5.69 Å². The Bertz CT molecular complexity index is 764. The lowest BCUT2D eigenvalue weighted by Crippen LogP contribution is -2.45. The van der Waals surface area contributed by atoms with E-state index in [1.165, 1.54) is 0 Å². The van der Waals surface area contributed by atoms with E-state index >= 15 is 0 Å². The summed E-state index contributed by atoms with van der Waals surface area (Å²) < 4.78 is 18.4. The number of hydrogen-bond acceptors (Lipinski definition) is 6. The fourth-order valence-corrected chi connectivity index (χ4v) is 3.97. The zero-order valence-corrected chi connectivity index (χ0v) is 20.7. The largest absolute Gasteiger partial charge is 0.461 e. The molecule has 0 N–H and O–H groups in total. The first-order valence-corrected chi connectivity index (χ1v) is 14.4. The monoisotopic (exact) mass is 439 g/mol. The molecule has 170 valence electrons. The first-order valence-electron chi connectivity index (χ1n) is 10.7. The zero-order valence-electron chi connectivity index (χ0n) is 19.7. The summed E-state index contributed by atoms with van der Waals surface area (Å²) in [6.07, 6.45) is 0.174. The number of rotatable bonds is 7. The predicted molar refractivity (Wildman–Crippen MR) is 117 cm³/mol. The van der Waals surface area contributed by atoms with E-state index in [9.17, 15) is 9.59 Å². The lowest BCUT2D eigenvalue weighted by molar-refractivity contribution is 0.0128. The second kappa shape index (κ2) is 9.51. The summed E-state index contributed by atoms with van der Waals surface area (Å²) in [5, 5.41) is 4.50. The zero-order chi connectivity index (χ0) is 22.7. The molecular formula is C21H37N3O5Si. The van der Waals surface area contributed by atoms with Gasteiger partial charge in [0, 0.05) is 38.4 Å². The van der Waals surface area contributed by atoms with Crippen LogP contribution in [0.4, 0.5) is 4.79 Å². The predicted octanol–water partition coefficient (Wildman–Crippen LogP) is 4.05. The van der Waals surface area contributed by atoms with E-state index in [0.717, 1.165) is 11.7 Å². The van der Waals surface area contributed by atoms with Crippen molar-refractivity contribution in [2.75, 3.05) is 13.2 Å². The van der Waals surface area contributed by atoms with Crippen LogP contribution in [0.25, 0.3) is 0 Å². The molecule has 2 rings (SSSR count).